The van der Waals surface area contributed by atoms with Crippen molar-refractivity contribution in [1.29, 1.82) is 0 Å². The fraction of sp³-hybridized carbons (Fsp3) is 0.333. The van der Waals surface area contributed by atoms with Gasteiger partial charge in [-0.3, -0.25) is 0 Å². The van der Waals surface area contributed by atoms with Crippen LogP contribution in [0.3, 0.4) is 0 Å². The second-order valence-corrected chi connectivity index (χ2v) is 2.97. The smallest absolute Gasteiger partial charge is 0.0563 e. The van der Waals surface area contributed by atoms with Crippen molar-refractivity contribution in [3.8, 4) is 0 Å². The molecule has 0 radical (unpaired) electrons. The van der Waals surface area contributed by atoms with Gasteiger partial charge < -0.3 is 11.1 Å². The SMILES string of the molecule is C=C(C)/C(=C/C(Cl)=C\N)CNC. The van der Waals surface area contributed by atoms with Gasteiger partial charge >= 0.3 is 0 Å². The van der Waals surface area contributed by atoms with E-state index in [1.807, 2.05) is 14.0 Å². The normalized spacial score (nSPS) is 13.2. The van der Waals surface area contributed by atoms with Gasteiger partial charge in [-0.05, 0) is 25.6 Å². The third-order valence-electron chi connectivity index (χ3n) is 1.39. The van der Waals surface area contributed by atoms with Crippen molar-refractivity contribution in [3.63, 3.8) is 0 Å². The molecule has 0 saturated carbocycles. The number of hydrogen-bond acceptors (Lipinski definition) is 2. The number of allylic oxidation sites excluding steroid dienone is 2. The highest BCUT2D eigenvalue weighted by Crippen LogP contribution is 2.11. The maximum Gasteiger partial charge on any atom is 0.0563 e. The van der Waals surface area contributed by atoms with Crippen LogP contribution in [-0.4, -0.2) is 13.6 Å². The van der Waals surface area contributed by atoms with Gasteiger partial charge in [0.05, 0.1) is 5.03 Å². The molecule has 0 unspecified atom stereocenters. The van der Waals surface area contributed by atoms with E-state index in [0.717, 1.165) is 17.7 Å². The first-order valence-electron chi connectivity index (χ1n) is 3.70. The van der Waals surface area contributed by atoms with Gasteiger partial charge in [-0.25, -0.2) is 0 Å². The summed E-state index contributed by atoms with van der Waals surface area (Å²) in [5.41, 5.74) is 7.28. The highest BCUT2D eigenvalue weighted by atomic mass is 35.5. The lowest BCUT2D eigenvalue weighted by Gasteiger charge is -2.05. The minimum atomic E-state index is 0.531. The van der Waals surface area contributed by atoms with Gasteiger partial charge in [0.15, 0.2) is 0 Å². The van der Waals surface area contributed by atoms with Gasteiger partial charge in [0.2, 0.25) is 0 Å². The standard InChI is InChI=1S/C9H15ClN2/c1-7(2)8(6-12-3)4-9(10)5-11/h4-5,12H,1,6,11H2,2-3H3/b8-4+,9-5+. The molecule has 0 amide bonds. The number of rotatable bonds is 4. The number of nitrogens with two attached hydrogens (primary N) is 1. The van der Waals surface area contributed by atoms with Crippen LogP contribution < -0.4 is 11.1 Å². The highest BCUT2D eigenvalue weighted by Gasteiger charge is 1.96. The second-order valence-electron chi connectivity index (χ2n) is 2.53. The molecule has 2 nitrogen and oxygen atoms in total. The van der Waals surface area contributed by atoms with Gasteiger partial charge in [-0.2, -0.15) is 0 Å². The van der Waals surface area contributed by atoms with Crippen LogP contribution in [0.4, 0.5) is 0 Å². The van der Waals surface area contributed by atoms with Gasteiger partial charge in [-0.1, -0.05) is 23.8 Å². The van der Waals surface area contributed by atoms with E-state index in [0.29, 0.717) is 5.03 Å². The van der Waals surface area contributed by atoms with E-state index in [1.54, 1.807) is 6.08 Å². The molecule has 0 aliphatic heterocycles. The summed E-state index contributed by atoms with van der Waals surface area (Å²) in [4.78, 5) is 0. The first kappa shape index (κ1) is 11.3. The summed E-state index contributed by atoms with van der Waals surface area (Å²) in [6.07, 6.45) is 3.17. The zero-order chi connectivity index (χ0) is 9.56. The summed E-state index contributed by atoms with van der Waals surface area (Å²) < 4.78 is 0. The van der Waals surface area contributed by atoms with E-state index in [-0.39, 0.29) is 0 Å². The van der Waals surface area contributed by atoms with Crippen LogP contribution in [0.2, 0.25) is 0 Å². The third kappa shape index (κ3) is 4.21. The molecule has 0 aliphatic carbocycles. The van der Waals surface area contributed by atoms with Crippen molar-refractivity contribution in [2.45, 2.75) is 6.92 Å². The molecule has 0 spiro atoms. The summed E-state index contributed by atoms with van der Waals surface area (Å²) in [6.45, 7) is 6.51. The maximum atomic E-state index is 5.73. The van der Waals surface area contributed by atoms with Crippen molar-refractivity contribution in [3.05, 3.63) is 35.0 Å². The van der Waals surface area contributed by atoms with Gasteiger partial charge in [0.1, 0.15) is 0 Å². The van der Waals surface area contributed by atoms with Crippen molar-refractivity contribution in [1.82, 2.24) is 5.32 Å². The molecule has 0 bridgehead atoms. The zero-order valence-electron chi connectivity index (χ0n) is 7.52. The van der Waals surface area contributed by atoms with Crippen molar-refractivity contribution in [2.24, 2.45) is 5.73 Å². The van der Waals surface area contributed by atoms with E-state index in [4.69, 9.17) is 17.3 Å². The van der Waals surface area contributed by atoms with Crippen LogP contribution in [0, 0.1) is 0 Å². The molecule has 12 heavy (non-hydrogen) atoms. The average molecular weight is 187 g/mol. The summed E-state index contributed by atoms with van der Waals surface area (Å²) in [5.74, 6) is 0. The molecule has 0 saturated heterocycles. The molecule has 0 fully saturated rings. The molecule has 0 heterocycles. The topological polar surface area (TPSA) is 38.0 Å². The van der Waals surface area contributed by atoms with Crippen LogP contribution >= 0.6 is 11.6 Å². The number of hydrogen-bond donors (Lipinski definition) is 2. The van der Waals surface area contributed by atoms with Crippen LogP contribution in [0.25, 0.3) is 0 Å². The summed E-state index contributed by atoms with van der Waals surface area (Å²) in [7, 11) is 1.87. The number of halogens is 1. The predicted octanol–water partition coefficient (Wildman–Crippen LogP) is 1.75. The Labute approximate surface area is 78.8 Å². The Kier molecular flexibility index (Phi) is 5.51. The Hall–Kier alpha value is -0.730. The maximum absolute atomic E-state index is 5.73. The Morgan fingerprint density at radius 2 is 2.25 bits per heavy atom. The fourth-order valence-corrected chi connectivity index (χ4v) is 0.862. The van der Waals surface area contributed by atoms with Gasteiger partial charge in [-0.15, -0.1) is 0 Å². The summed E-state index contributed by atoms with van der Waals surface area (Å²) >= 11 is 5.73. The molecule has 0 aliphatic rings. The number of nitrogens with one attached hydrogen (secondary N) is 1. The van der Waals surface area contributed by atoms with Crippen LogP contribution in [0.5, 0.6) is 0 Å². The summed E-state index contributed by atoms with van der Waals surface area (Å²) in [6, 6.07) is 0. The molecule has 0 rings (SSSR count). The molecule has 3 N–H and O–H groups in total. The Balaban J connectivity index is 4.49. The van der Waals surface area contributed by atoms with E-state index in [9.17, 15) is 0 Å². The van der Waals surface area contributed by atoms with Crippen LogP contribution in [0.1, 0.15) is 6.92 Å². The van der Waals surface area contributed by atoms with Crippen molar-refractivity contribution >= 4 is 11.6 Å². The fourth-order valence-electron chi connectivity index (χ4n) is 0.730. The number of likely N-dealkylation sites (N-methyl/N-ethyl adjacent to an activating group) is 1. The predicted molar refractivity (Wildman–Crippen MR) is 54.9 cm³/mol. The molecule has 3 heteroatoms. The lowest BCUT2D eigenvalue weighted by atomic mass is 10.1. The quantitative estimate of drug-likeness (QED) is 0.657. The Bertz CT molecular complexity index is 217. The molecular weight excluding hydrogens is 172 g/mol. The van der Waals surface area contributed by atoms with E-state index in [1.165, 1.54) is 6.20 Å². The molecule has 68 valence electrons. The van der Waals surface area contributed by atoms with Gasteiger partial charge in [0, 0.05) is 12.7 Å². The zero-order valence-corrected chi connectivity index (χ0v) is 8.28. The lowest BCUT2D eigenvalue weighted by Crippen LogP contribution is -2.11. The summed E-state index contributed by atoms with van der Waals surface area (Å²) in [5, 5.41) is 3.55. The average Bonchev–Trinajstić information content (AvgIpc) is 2.03. The highest BCUT2D eigenvalue weighted by molar-refractivity contribution is 6.31. The Morgan fingerprint density at radius 1 is 1.67 bits per heavy atom. The second kappa shape index (κ2) is 5.86. The lowest BCUT2D eigenvalue weighted by molar-refractivity contribution is 0.885. The minimum absolute atomic E-state index is 0.531. The molecule has 0 aromatic heterocycles. The largest absolute Gasteiger partial charge is 0.403 e. The van der Waals surface area contributed by atoms with Crippen molar-refractivity contribution < 1.29 is 0 Å². The van der Waals surface area contributed by atoms with Gasteiger partial charge in [0.25, 0.3) is 0 Å². The molecule has 0 aromatic rings. The third-order valence-corrected chi connectivity index (χ3v) is 1.62. The molecule has 0 atom stereocenters. The van der Waals surface area contributed by atoms with E-state index < -0.39 is 0 Å². The first-order valence-corrected chi connectivity index (χ1v) is 4.08. The molecule has 0 aromatic carbocycles. The van der Waals surface area contributed by atoms with E-state index >= 15 is 0 Å². The molecular formula is C9H15ClN2. The Morgan fingerprint density at radius 3 is 2.58 bits per heavy atom. The first-order chi connectivity index (χ1) is 5.61. The van der Waals surface area contributed by atoms with Crippen molar-refractivity contribution in [2.75, 3.05) is 13.6 Å². The van der Waals surface area contributed by atoms with Crippen LogP contribution in [-0.2, 0) is 0 Å². The van der Waals surface area contributed by atoms with Crippen LogP contribution in [0.15, 0.2) is 35.0 Å². The van der Waals surface area contributed by atoms with E-state index in [2.05, 4.69) is 11.9 Å². The monoisotopic (exact) mass is 186 g/mol. The minimum Gasteiger partial charge on any atom is -0.403 e.